The van der Waals surface area contributed by atoms with Crippen LogP contribution in [0.3, 0.4) is 0 Å². The topological polar surface area (TPSA) is 73.2 Å². The number of nitrogens with zero attached hydrogens (tertiary/aromatic N) is 2. The van der Waals surface area contributed by atoms with Crippen LogP contribution in [0.1, 0.15) is 17.3 Å². The number of rotatable bonds is 4. The predicted octanol–water partition coefficient (Wildman–Crippen LogP) is -0.194. The van der Waals surface area contributed by atoms with Crippen LogP contribution in [0.4, 0.5) is 0 Å². The summed E-state index contributed by atoms with van der Waals surface area (Å²) in [5.74, 6) is -0.814. The molecule has 0 aromatic carbocycles. The number of nitrogens with one attached hydrogen (secondary N) is 1. The summed E-state index contributed by atoms with van der Waals surface area (Å²) in [6, 6.07) is 0. The third kappa shape index (κ3) is 3.08. The van der Waals surface area contributed by atoms with Gasteiger partial charge in [0.05, 0.1) is 18.9 Å². The van der Waals surface area contributed by atoms with E-state index in [0.29, 0.717) is 12.1 Å². The van der Waals surface area contributed by atoms with Gasteiger partial charge in [-0.15, -0.1) is 0 Å². The van der Waals surface area contributed by atoms with Crippen LogP contribution in [0.2, 0.25) is 0 Å². The Morgan fingerprint density at radius 1 is 1.60 bits per heavy atom. The molecule has 6 nitrogen and oxygen atoms in total. The van der Waals surface area contributed by atoms with Crippen molar-refractivity contribution in [2.75, 3.05) is 13.7 Å². The molecule has 0 fully saturated rings. The standard InChI is InChI=1S/C9H13N3O3/c1-3-12-6-7(4-11-12)9(14)10-5-8(13)15-2/h4,6H,3,5H2,1-2H3,(H,10,14). The second-order valence-corrected chi connectivity index (χ2v) is 2.84. The lowest BCUT2D eigenvalue weighted by atomic mass is 10.3. The molecule has 0 bridgehead atoms. The highest BCUT2D eigenvalue weighted by Crippen LogP contribution is 1.96. The van der Waals surface area contributed by atoms with Crippen LogP contribution < -0.4 is 5.32 Å². The number of aryl methyl sites for hydroxylation is 1. The second-order valence-electron chi connectivity index (χ2n) is 2.84. The van der Waals surface area contributed by atoms with Gasteiger partial charge < -0.3 is 10.1 Å². The monoisotopic (exact) mass is 211 g/mol. The number of esters is 1. The van der Waals surface area contributed by atoms with Gasteiger partial charge in [-0.3, -0.25) is 14.3 Å². The Bertz CT molecular complexity index is 359. The predicted molar refractivity (Wildman–Crippen MR) is 52.3 cm³/mol. The van der Waals surface area contributed by atoms with E-state index in [9.17, 15) is 9.59 Å². The van der Waals surface area contributed by atoms with E-state index in [1.54, 1.807) is 10.9 Å². The van der Waals surface area contributed by atoms with E-state index in [0.717, 1.165) is 0 Å². The Morgan fingerprint density at radius 3 is 2.87 bits per heavy atom. The number of carbonyl (C=O) groups excluding carboxylic acids is 2. The number of hydrogen-bond donors (Lipinski definition) is 1. The third-order valence-corrected chi connectivity index (χ3v) is 1.84. The quantitative estimate of drug-likeness (QED) is 0.700. The van der Waals surface area contributed by atoms with Crippen molar-refractivity contribution in [3.63, 3.8) is 0 Å². The third-order valence-electron chi connectivity index (χ3n) is 1.84. The van der Waals surface area contributed by atoms with Crippen LogP contribution in [0.25, 0.3) is 0 Å². The van der Waals surface area contributed by atoms with Gasteiger partial charge in [0.25, 0.3) is 5.91 Å². The molecule has 0 atom stereocenters. The Labute approximate surface area is 87.2 Å². The van der Waals surface area contributed by atoms with Gasteiger partial charge in [0.1, 0.15) is 6.54 Å². The molecule has 15 heavy (non-hydrogen) atoms. The van der Waals surface area contributed by atoms with Gasteiger partial charge in [0, 0.05) is 12.7 Å². The van der Waals surface area contributed by atoms with E-state index < -0.39 is 5.97 Å². The number of amides is 1. The van der Waals surface area contributed by atoms with Crippen LogP contribution in [-0.4, -0.2) is 35.3 Å². The van der Waals surface area contributed by atoms with E-state index in [4.69, 9.17) is 0 Å². The van der Waals surface area contributed by atoms with E-state index in [1.165, 1.54) is 13.3 Å². The van der Waals surface area contributed by atoms with Crippen molar-refractivity contribution in [2.45, 2.75) is 13.5 Å². The lowest BCUT2D eigenvalue weighted by Gasteiger charge is -2.00. The summed E-state index contributed by atoms with van der Waals surface area (Å²) in [5.41, 5.74) is 0.431. The fraction of sp³-hybridized carbons (Fsp3) is 0.444. The van der Waals surface area contributed by atoms with Crippen LogP contribution in [0, 0.1) is 0 Å². The van der Waals surface area contributed by atoms with Crippen molar-refractivity contribution in [1.82, 2.24) is 15.1 Å². The zero-order valence-corrected chi connectivity index (χ0v) is 8.69. The first-order valence-corrected chi connectivity index (χ1v) is 4.54. The maximum Gasteiger partial charge on any atom is 0.325 e. The van der Waals surface area contributed by atoms with Crippen molar-refractivity contribution in [1.29, 1.82) is 0 Å². The highest BCUT2D eigenvalue weighted by Gasteiger charge is 2.09. The smallest absolute Gasteiger partial charge is 0.325 e. The Kier molecular flexibility index (Phi) is 3.84. The van der Waals surface area contributed by atoms with E-state index in [1.807, 2.05) is 6.92 Å². The first-order chi connectivity index (χ1) is 7.17. The highest BCUT2D eigenvalue weighted by atomic mass is 16.5. The summed E-state index contributed by atoms with van der Waals surface area (Å²) in [4.78, 5) is 22.2. The van der Waals surface area contributed by atoms with Crippen LogP contribution in [0.15, 0.2) is 12.4 Å². The molecular weight excluding hydrogens is 198 g/mol. The van der Waals surface area contributed by atoms with E-state index in [2.05, 4.69) is 15.2 Å². The first kappa shape index (κ1) is 11.2. The van der Waals surface area contributed by atoms with Gasteiger partial charge in [0.15, 0.2) is 0 Å². The lowest BCUT2D eigenvalue weighted by Crippen LogP contribution is -2.29. The summed E-state index contributed by atoms with van der Waals surface area (Å²) in [6.45, 7) is 2.49. The second kappa shape index (κ2) is 5.14. The van der Waals surface area contributed by atoms with E-state index >= 15 is 0 Å². The normalized spacial score (nSPS) is 9.73. The molecule has 1 aromatic rings. The van der Waals surface area contributed by atoms with Gasteiger partial charge >= 0.3 is 5.97 Å². The molecule has 1 rings (SSSR count). The van der Waals surface area contributed by atoms with Gasteiger partial charge in [-0.05, 0) is 6.92 Å². The molecule has 6 heteroatoms. The summed E-state index contributed by atoms with van der Waals surface area (Å²) in [5, 5.41) is 6.36. The van der Waals surface area contributed by atoms with Gasteiger partial charge in [0.2, 0.25) is 0 Å². The molecule has 0 aliphatic rings. The molecule has 0 saturated carbocycles. The first-order valence-electron chi connectivity index (χ1n) is 4.54. The molecule has 0 unspecified atom stereocenters. The minimum atomic E-state index is -0.480. The fourth-order valence-electron chi connectivity index (χ4n) is 0.980. The minimum absolute atomic E-state index is 0.132. The average molecular weight is 211 g/mol. The molecule has 1 aromatic heterocycles. The number of methoxy groups -OCH3 is 1. The Balaban J connectivity index is 2.50. The maximum absolute atomic E-state index is 11.4. The number of carbonyl (C=O) groups is 2. The molecular formula is C9H13N3O3. The summed E-state index contributed by atoms with van der Waals surface area (Å²) < 4.78 is 6.02. The van der Waals surface area contributed by atoms with Gasteiger partial charge in [-0.2, -0.15) is 5.10 Å². The molecule has 0 spiro atoms. The van der Waals surface area contributed by atoms with Gasteiger partial charge in [-0.1, -0.05) is 0 Å². The molecule has 0 saturated heterocycles. The lowest BCUT2D eigenvalue weighted by molar-refractivity contribution is -0.139. The molecule has 82 valence electrons. The van der Waals surface area contributed by atoms with E-state index in [-0.39, 0.29) is 12.5 Å². The van der Waals surface area contributed by atoms with Crippen molar-refractivity contribution in [3.05, 3.63) is 18.0 Å². The summed E-state index contributed by atoms with van der Waals surface area (Å²) in [7, 11) is 1.27. The summed E-state index contributed by atoms with van der Waals surface area (Å²) in [6.07, 6.45) is 3.07. The summed E-state index contributed by atoms with van der Waals surface area (Å²) >= 11 is 0. The molecule has 0 aliphatic heterocycles. The number of aromatic nitrogens is 2. The van der Waals surface area contributed by atoms with Crippen molar-refractivity contribution in [3.8, 4) is 0 Å². The van der Waals surface area contributed by atoms with Crippen LogP contribution in [0.5, 0.6) is 0 Å². The molecule has 1 heterocycles. The molecule has 0 aliphatic carbocycles. The maximum atomic E-state index is 11.4. The molecule has 0 radical (unpaired) electrons. The molecule has 1 amide bonds. The van der Waals surface area contributed by atoms with Crippen LogP contribution in [-0.2, 0) is 16.1 Å². The zero-order valence-electron chi connectivity index (χ0n) is 8.69. The minimum Gasteiger partial charge on any atom is -0.468 e. The van der Waals surface area contributed by atoms with Crippen molar-refractivity contribution < 1.29 is 14.3 Å². The Hall–Kier alpha value is -1.85. The highest BCUT2D eigenvalue weighted by molar-refractivity contribution is 5.95. The van der Waals surface area contributed by atoms with Crippen LogP contribution >= 0.6 is 0 Å². The molecule has 1 N–H and O–H groups in total. The number of hydrogen-bond acceptors (Lipinski definition) is 4. The Morgan fingerprint density at radius 2 is 2.33 bits per heavy atom. The zero-order chi connectivity index (χ0) is 11.3. The van der Waals surface area contributed by atoms with Crippen molar-refractivity contribution in [2.24, 2.45) is 0 Å². The average Bonchev–Trinajstić information content (AvgIpc) is 2.73. The number of ether oxygens (including phenoxy) is 1. The fourth-order valence-corrected chi connectivity index (χ4v) is 0.980. The van der Waals surface area contributed by atoms with Crippen molar-refractivity contribution >= 4 is 11.9 Å². The van der Waals surface area contributed by atoms with Gasteiger partial charge in [-0.25, -0.2) is 0 Å². The largest absolute Gasteiger partial charge is 0.468 e. The SMILES string of the molecule is CCn1cc(C(=O)NCC(=O)OC)cn1.